The molecule has 1 aromatic carbocycles. The van der Waals surface area contributed by atoms with Gasteiger partial charge in [0, 0.05) is 36.2 Å². The van der Waals surface area contributed by atoms with Gasteiger partial charge in [-0.15, -0.1) is 10.2 Å². The summed E-state index contributed by atoms with van der Waals surface area (Å²) in [5, 5.41) is 26.1. The molecule has 10 heteroatoms. The number of aliphatic hydroxyl groups is 1. The molecule has 0 aliphatic heterocycles. The van der Waals surface area contributed by atoms with Crippen LogP contribution in [0.25, 0.3) is 22.4 Å². The predicted octanol–water partition coefficient (Wildman–Crippen LogP) is 5.16. The van der Waals surface area contributed by atoms with Gasteiger partial charge >= 0.3 is 6.09 Å². The quantitative estimate of drug-likeness (QED) is 0.362. The second-order valence-corrected chi connectivity index (χ2v) is 12.4. The first kappa shape index (κ1) is 28.2. The monoisotopic (exact) mass is 563 g/mol. The smallest absolute Gasteiger partial charge is 0.409 e. The van der Waals surface area contributed by atoms with Crippen molar-refractivity contribution >= 4 is 29.2 Å². The highest BCUT2D eigenvalue weighted by atomic mass is 32.1. The lowest BCUT2D eigenvalue weighted by molar-refractivity contribution is -0.117. The molecule has 40 heavy (non-hydrogen) atoms. The summed E-state index contributed by atoms with van der Waals surface area (Å²) < 4.78 is 4.83. The van der Waals surface area contributed by atoms with Gasteiger partial charge in [0.1, 0.15) is 5.69 Å². The largest absolute Gasteiger partial charge is 0.453 e. The molecule has 2 saturated carbocycles. The third-order valence-electron chi connectivity index (χ3n) is 8.32. The number of carbonyl (C=O) groups excluding carboxylic acids is 2. The van der Waals surface area contributed by atoms with Crippen LogP contribution in [-0.4, -0.2) is 58.0 Å². The molecule has 2 amide bonds. The van der Waals surface area contributed by atoms with E-state index in [0.29, 0.717) is 25.1 Å². The van der Waals surface area contributed by atoms with Crippen molar-refractivity contribution in [2.75, 3.05) is 19.5 Å². The number of rotatable bonds is 7. The Balaban J connectivity index is 1.26. The van der Waals surface area contributed by atoms with Gasteiger partial charge < -0.3 is 25.8 Å². The second-order valence-electron chi connectivity index (χ2n) is 11.6. The van der Waals surface area contributed by atoms with Crippen molar-refractivity contribution in [3.8, 4) is 22.4 Å². The Bertz CT molecular complexity index is 1340. The van der Waals surface area contributed by atoms with Crippen LogP contribution in [0.15, 0.2) is 47.2 Å². The number of nitrogens with two attached hydrogens (primary N) is 1. The fourth-order valence-corrected chi connectivity index (χ4v) is 6.92. The number of methoxy groups -OCH3 is 1. The maximum Gasteiger partial charge on any atom is 0.409 e. The van der Waals surface area contributed by atoms with Crippen LogP contribution in [0.3, 0.4) is 0 Å². The molecule has 2 fully saturated rings. The fraction of sp³-hybridized carbons (Fsp3) is 0.467. The van der Waals surface area contributed by atoms with Crippen LogP contribution in [0.1, 0.15) is 57.4 Å². The van der Waals surface area contributed by atoms with Crippen molar-refractivity contribution in [1.29, 1.82) is 0 Å². The summed E-state index contributed by atoms with van der Waals surface area (Å²) in [6.07, 6.45) is 4.59. The molecule has 0 spiro atoms. The fourth-order valence-electron chi connectivity index (χ4n) is 6.26. The molecule has 5 rings (SSSR count). The number of amides is 2. The van der Waals surface area contributed by atoms with Gasteiger partial charge in [-0.2, -0.15) is 11.3 Å². The Hall–Kier alpha value is -3.34. The number of nitrogens with zero attached hydrogens (tertiary/aromatic N) is 3. The molecule has 9 nitrogen and oxygen atoms in total. The topological polar surface area (TPSA) is 131 Å². The summed E-state index contributed by atoms with van der Waals surface area (Å²) in [7, 11) is 3.15. The Morgan fingerprint density at radius 1 is 1.12 bits per heavy atom. The van der Waals surface area contributed by atoms with Crippen LogP contribution in [0.4, 0.5) is 10.6 Å². The molecule has 2 aliphatic rings. The van der Waals surface area contributed by atoms with Gasteiger partial charge in [0.15, 0.2) is 5.82 Å². The highest BCUT2D eigenvalue weighted by Crippen LogP contribution is 2.46. The van der Waals surface area contributed by atoms with Gasteiger partial charge in [0.25, 0.3) is 0 Å². The van der Waals surface area contributed by atoms with Crippen LogP contribution < -0.4 is 11.1 Å². The van der Waals surface area contributed by atoms with Gasteiger partial charge in [-0.1, -0.05) is 24.3 Å². The normalized spacial score (nSPS) is 26.0. The zero-order chi connectivity index (χ0) is 28.5. The first-order valence-electron chi connectivity index (χ1n) is 13.7. The van der Waals surface area contributed by atoms with Gasteiger partial charge in [-0.3, -0.25) is 4.79 Å². The minimum absolute atomic E-state index is 0.0860. The number of nitrogens with one attached hydrogen (secondary N) is 1. The maximum atomic E-state index is 12.9. The summed E-state index contributed by atoms with van der Waals surface area (Å²) >= 11 is 1.59. The number of hydrogen-bond acceptors (Lipinski definition) is 8. The number of thiophene rings is 1. The minimum Gasteiger partial charge on any atom is -0.453 e. The van der Waals surface area contributed by atoms with Crippen molar-refractivity contribution in [2.45, 2.75) is 69.1 Å². The van der Waals surface area contributed by atoms with Gasteiger partial charge in [-0.25, -0.2) is 4.79 Å². The molecule has 3 aromatic rings. The third-order valence-corrected chi connectivity index (χ3v) is 9.00. The van der Waals surface area contributed by atoms with Gasteiger partial charge in [0.05, 0.1) is 12.7 Å². The third kappa shape index (κ3) is 6.04. The lowest BCUT2D eigenvalue weighted by atomic mass is 9.63. The molecule has 2 aromatic heterocycles. The van der Waals surface area contributed by atoms with E-state index in [-0.39, 0.29) is 24.0 Å². The number of benzene rings is 1. The maximum absolute atomic E-state index is 12.9. The first-order chi connectivity index (χ1) is 19.1. The lowest BCUT2D eigenvalue weighted by Crippen LogP contribution is -2.58. The molecule has 0 bridgehead atoms. The van der Waals surface area contributed by atoms with Crippen molar-refractivity contribution in [3.05, 3.63) is 52.7 Å². The van der Waals surface area contributed by atoms with Crippen LogP contribution in [0.5, 0.6) is 0 Å². The highest BCUT2D eigenvalue weighted by Gasteiger charge is 2.49. The Labute approximate surface area is 238 Å². The predicted molar refractivity (Wildman–Crippen MR) is 156 cm³/mol. The molecule has 0 atom stereocenters. The van der Waals surface area contributed by atoms with Crippen molar-refractivity contribution in [2.24, 2.45) is 11.7 Å². The zero-order valence-electron chi connectivity index (χ0n) is 23.2. The highest BCUT2D eigenvalue weighted by molar-refractivity contribution is 7.08. The van der Waals surface area contributed by atoms with E-state index in [1.165, 1.54) is 7.11 Å². The van der Waals surface area contributed by atoms with E-state index < -0.39 is 11.1 Å². The molecule has 2 aliphatic carbocycles. The molecule has 2 heterocycles. The van der Waals surface area contributed by atoms with Crippen LogP contribution >= 0.6 is 11.3 Å². The summed E-state index contributed by atoms with van der Waals surface area (Å²) in [4.78, 5) is 26.4. The van der Waals surface area contributed by atoms with E-state index >= 15 is 0 Å². The van der Waals surface area contributed by atoms with Crippen LogP contribution in [-0.2, 0) is 15.1 Å². The van der Waals surface area contributed by atoms with E-state index in [0.717, 1.165) is 53.6 Å². The minimum atomic E-state index is -0.716. The van der Waals surface area contributed by atoms with E-state index in [2.05, 4.69) is 20.9 Å². The number of ether oxygens (including phenoxy) is 1. The zero-order valence-corrected chi connectivity index (χ0v) is 24.0. The summed E-state index contributed by atoms with van der Waals surface area (Å²) in [5.41, 5.74) is 9.79. The first-order valence-corrected chi connectivity index (χ1v) is 14.6. The molecular weight excluding hydrogens is 526 g/mol. The van der Waals surface area contributed by atoms with Crippen molar-refractivity contribution in [3.63, 3.8) is 0 Å². The Morgan fingerprint density at radius 3 is 2.42 bits per heavy atom. The number of carbonyl (C=O) groups is 2. The second kappa shape index (κ2) is 11.3. The van der Waals surface area contributed by atoms with E-state index in [9.17, 15) is 14.7 Å². The van der Waals surface area contributed by atoms with Gasteiger partial charge in [0.2, 0.25) is 5.91 Å². The lowest BCUT2D eigenvalue weighted by Gasteiger charge is -2.49. The molecule has 0 saturated heterocycles. The Kier molecular flexibility index (Phi) is 7.94. The standard InChI is InChI=1S/C30H37N5O4S/c1-29(38)17-30(31,18-29)22-8-6-20(7-9-22)27-24(21-12-13-40-16-21)15-25(33-34-27)32-26(36)14-19-4-10-23(11-5-19)35(2)28(37)39-3/h6-9,12-13,15-16,19,23,38H,4-5,10-11,14,17-18,31H2,1-3H3,(H,32,33,36)/t19?,23?,29-,30-. The molecule has 0 unspecified atom stereocenters. The molecule has 4 N–H and O–H groups in total. The van der Waals surface area contributed by atoms with Crippen molar-refractivity contribution in [1.82, 2.24) is 15.1 Å². The SMILES string of the molecule is COC(=O)N(C)C1CCC(CC(=O)Nc2cc(-c3ccsc3)c(-c3ccc([C@]4(N)C[C@](C)(O)C4)cc3)nn2)CC1. The number of aromatic nitrogens is 2. The van der Waals surface area contributed by atoms with Crippen LogP contribution in [0.2, 0.25) is 0 Å². The summed E-state index contributed by atoms with van der Waals surface area (Å²) in [6.45, 7) is 1.81. The molecule has 0 radical (unpaired) electrons. The summed E-state index contributed by atoms with van der Waals surface area (Å²) in [6, 6.07) is 12.0. The molecular formula is C30H37N5O4S. The van der Waals surface area contributed by atoms with E-state index in [1.54, 1.807) is 23.3 Å². The number of hydrogen-bond donors (Lipinski definition) is 3. The van der Waals surface area contributed by atoms with E-state index in [4.69, 9.17) is 10.5 Å². The average molecular weight is 564 g/mol. The van der Waals surface area contributed by atoms with Gasteiger partial charge in [-0.05, 0) is 85.4 Å². The summed E-state index contributed by atoms with van der Waals surface area (Å²) in [5.74, 6) is 0.593. The number of anilines is 1. The van der Waals surface area contributed by atoms with Crippen LogP contribution in [0, 0.1) is 5.92 Å². The average Bonchev–Trinajstić information content (AvgIpc) is 3.46. The molecule has 212 valence electrons. The van der Waals surface area contributed by atoms with E-state index in [1.807, 2.05) is 48.7 Å². The van der Waals surface area contributed by atoms with Crippen molar-refractivity contribution < 1.29 is 19.4 Å². The Morgan fingerprint density at radius 2 is 1.82 bits per heavy atom.